The SMILES string of the molecule is CCCC1(CN(C)CC2CCN(C)C2)CCCNC1. The van der Waals surface area contributed by atoms with Crippen LogP contribution in [0.5, 0.6) is 0 Å². The molecule has 2 unspecified atom stereocenters. The van der Waals surface area contributed by atoms with Crippen molar-refractivity contribution in [2.24, 2.45) is 11.3 Å². The number of nitrogens with zero attached hydrogens (tertiary/aromatic N) is 2. The maximum atomic E-state index is 3.63. The van der Waals surface area contributed by atoms with Gasteiger partial charge in [-0.2, -0.15) is 0 Å². The van der Waals surface area contributed by atoms with Gasteiger partial charge >= 0.3 is 0 Å². The van der Waals surface area contributed by atoms with Crippen molar-refractivity contribution in [3.05, 3.63) is 0 Å². The molecule has 0 bridgehead atoms. The molecule has 2 fully saturated rings. The molecular formula is C16H33N3. The lowest BCUT2D eigenvalue weighted by Crippen LogP contribution is -2.47. The smallest absolute Gasteiger partial charge is 0.00472 e. The minimum atomic E-state index is 0.548. The molecule has 1 N–H and O–H groups in total. The first kappa shape index (κ1) is 15.3. The molecule has 0 aromatic heterocycles. The summed E-state index contributed by atoms with van der Waals surface area (Å²) >= 11 is 0. The molecule has 2 heterocycles. The monoisotopic (exact) mass is 267 g/mol. The fraction of sp³-hybridized carbons (Fsp3) is 1.00. The highest BCUT2D eigenvalue weighted by molar-refractivity contribution is 4.88. The van der Waals surface area contributed by atoms with Crippen molar-refractivity contribution >= 4 is 0 Å². The summed E-state index contributed by atoms with van der Waals surface area (Å²) in [4.78, 5) is 5.09. The first-order valence-electron chi connectivity index (χ1n) is 8.21. The number of hydrogen-bond donors (Lipinski definition) is 1. The van der Waals surface area contributed by atoms with Crippen molar-refractivity contribution < 1.29 is 0 Å². The predicted octanol–water partition coefficient (Wildman–Crippen LogP) is 2.04. The Morgan fingerprint density at radius 2 is 2.26 bits per heavy atom. The second kappa shape index (κ2) is 7.05. The largest absolute Gasteiger partial charge is 0.316 e. The van der Waals surface area contributed by atoms with Gasteiger partial charge in [0.15, 0.2) is 0 Å². The first-order valence-corrected chi connectivity index (χ1v) is 8.21. The molecule has 0 radical (unpaired) electrons. The summed E-state index contributed by atoms with van der Waals surface area (Å²) in [5.74, 6) is 0.894. The van der Waals surface area contributed by atoms with Crippen molar-refractivity contribution in [2.75, 3.05) is 53.4 Å². The Labute approximate surface area is 119 Å². The van der Waals surface area contributed by atoms with Crippen LogP contribution in [0.4, 0.5) is 0 Å². The zero-order chi connectivity index (χ0) is 13.7. The standard InChI is InChI=1S/C16H33N3/c1-4-7-16(8-5-9-17-13-16)14-19(3)12-15-6-10-18(2)11-15/h15,17H,4-14H2,1-3H3. The van der Waals surface area contributed by atoms with Gasteiger partial charge in [0.2, 0.25) is 0 Å². The van der Waals surface area contributed by atoms with E-state index in [2.05, 4.69) is 36.1 Å². The normalized spacial score (nSPS) is 33.2. The summed E-state index contributed by atoms with van der Waals surface area (Å²) in [6.45, 7) is 9.95. The van der Waals surface area contributed by atoms with E-state index in [1.54, 1.807) is 0 Å². The third-order valence-electron chi connectivity index (χ3n) is 5.01. The van der Waals surface area contributed by atoms with E-state index < -0.39 is 0 Å². The number of likely N-dealkylation sites (tertiary alicyclic amines) is 1. The van der Waals surface area contributed by atoms with Crippen LogP contribution in [-0.2, 0) is 0 Å². The lowest BCUT2D eigenvalue weighted by molar-refractivity contribution is 0.112. The molecule has 112 valence electrons. The van der Waals surface area contributed by atoms with Crippen LogP contribution in [0.3, 0.4) is 0 Å². The molecule has 0 amide bonds. The van der Waals surface area contributed by atoms with Gasteiger partial charge in [-0.25, -0.2) is 0 Å². The number of rotatable bonds is 6. The quantitative estimate of drug-likeness (QED) is 0.794. The third-order valence-corrected chi connectivity index (χ3v) is 5.01. The van der Waals surface area contributed by atoms with E-state index in [9.17, 15) is 0 Å². The molecule has 0 aliphatic carbocycles. The average Bonchev–Trinajstić information content (AvgIpc) is 2.75. The van der Waals surface area contributed by atoms with E-state index in [1.165, 1.54) is 71.4 Å². The van der Waals surface area contributed by atoms with Crippen LogP contribution in [0, 0.1) is 11.3 Å². The number of piperidine rings is 1. The second-order valence-corrected chi connectivity index (χ2v) is 7.14. The molecule has 0 saturated carbocycles. The summed E-state index contributed by atoms with van der Waals surface area (Å²) in [7, 11) is 4.59. The topological polar surface area (TPSA) is 18.5 Å². The van der Waals surface area contributed by atoms with Crippen LogP contribution in [0.25, 0.3) is 0 Å². The Balaban J connectivity index is 1.82. The summed E-state index contributed by atoms with van der Waals surface area (Å²) in [6, 6.07) is 0. The number of nitrogens with one attached hydrogen (secondary N) is 1. The Hall–Kier alpha value is -0.120. The lowest BCUT2D eigenvalue weighted by Gasteiger charge is -2.41. The maximum Gasteiger partial charge on any atom is 0.00472 e. The molecule has 3 heteroatoms. The number of hydrogen-bond acceptors (Lipinski definition) is 3. The molecule has 0 aromatic carbocycles. The third kappa shape index (κ3) is 4.44. The van der Waals surface area contributed by atoms with Crippen molar-refractivity contribution in [3.63, 3.8) is 0 Å². The highest BCUT2D eigenvalue weighted by Crippen LogP contribution is 2.32. The van der Waals surface area contributed by atoms with Gasteiger partial charge in [-0.15, -0.1) is 0 Å². The van der Waals surface area contributed by atoms with E-state index in [4.69, 9.17) is 0 Å². The van der Waals surface area contributed by atoms with Gasteiger partial charge in [0.25, 0.3) is 0 Å². The maximum absolute atomic E-state index is 3.63. The molecule has 19 heavy (non-hydrogen) atoms. The van der Waals surface area contributed by atoms with Gasteiger partial charge in [-0.05, 0) is 64.2 Å². The van der Waals surface area contributed by atoms with Gasteiger partial charge in [-0.3, -0.25) is 0 Å². The lowest BCUT2D eigenvalue weighted by atomic mass is 9.76. The van der Waals surface area contributed by atoms with Gasteiger partial charge in [-0.1, -0.05) is 13.3 Å². The fourth-order valence-corrected chi connectivity index (χ4v) is 4.24. The van der Waals surface area contributed by atoms with Crippen molar-refractivity contribution in [1.82, 2.24) is 15.1 Å². The molecule has 3 nitrogen and oxygen atoms in total. The Morgan fingerprint density at radius 1 is 1.42 bits per heavy atom. The van der Waals surface area contributed by atoms with Gasteiger partial charge < -0.3 is 15.1 Å². The summed E-state index contributed by atoms with van der Waals surface area (Å²) in [5.41, 5.74) is 0.548. The van der Waals surface area contributed by atoms with E-state index in [1.807, 2.05) is 0 Å². The van der Waals surface area contributed by atoms with E-state index >= 15 is 0 Å². The van der Waals surface area contributed by atoms with Crippen LogP contribution in [0.15, 0.2) is 0 Å². The highest BCUT2D eigenvalue weighted by atomic mass is 15.2. The van der Waals surface area contributed by atoms with Crippen LogP contribution < -0.4 is 5.32 Å². The zero-order valence-corrected chi connectivity index (χ0v) is 13.2. The molecule has 2 rings (SSSR count). The Bertz CT molecular complexity index is 255. The first-order chi connectivity index (χ1) is 9.13. The van der Waals surface area contributed by atoms with Crippen LogP contribution in [-0.4, -0.2) is 63.2 Å². The van der Waals surface area contributed by atoms with E-state index in [0.717, 1.165) is 5.92 Å². The fourth-order valence-electron chi connectivity index (χ4n) is 4.24. The summed E-state index contributed by atoms with van der Waals surface area (Å²) in [5, 5.41) is 3.63. The predicted molar refractivity (Wildman–Crippen MR) is 82.5 cm³/mol. The Kier molecular flexibility index (Phi) is 5.67. The van der Waals surface area contributed by atoms with Gasteiger partial charge in [0, 0.05) is 26.2 Å². The van der Waals surface area contributed by atoms with Gasteiger partial charge in [0.1, 0.15) is 0 Å². The zero-order valence-electron chi connectivity index (χ0n) is 13.2. The molecule has 2 saturated heterocycles. The minimum absolute atomic E-state index is 0.548. The van der Waals surface area contributed by atoms with Crippen molar-refractivity contribution in [3.8, 4) is 0 Å². The molecular weight excluding hydrogens is 234 g/mol. The van der Waals surface area contributed by atoms with Crippen molar-refractivity contribution in [1.29, 1.82) is 0 Å². The molecule has 0 spiro atoms. The van der Waals surface area contributed by atoms with Crippen LogP contribution in [0.1, 0.15) is 39.0 Å². The molecule has 2 aliphatic heterocycles. The summed E-state index contributed by atoms with van der Waals surface area (Å²) < 4.78 is 0. The molecule has 0 aromatic rings. The molecule has 2 aliphatic rings. The average molecular weight is 267 g/mol. The van der Waals surface area contributed by atoms with E-state index in [-0.39, 0.29) is 0 Å². The molecule has 2 atom stereocenters. The Morgan fingerprint density at radius 3 is 2.84 bits per heavy atom. The second-order valence-electron chi connectivity index (χ2n) is 7.14. The van der Waals surface area contributed by atoms with Crippen molar-refractivity contribution in [2.45, 2.75) is 39.0 Å². The van der Waals surface area contributed by atoms with Crippen LogP contribution >= 0.6 is 0 Å². The van der Waals surface area contributed by atoms with Gasteiger partial charge in [0.05, 0.1) is 0 Å². The minimum Gasteiger partial charge on any atom is -0.316 e. The van der Waals surface area contributed by atoms with E-state index in [0.29, 0.717) is 5.41 Å². The summed E-state index contributed by atoms with van der Waals surface area (Å²) in [6.07, 6.45) is 6.87. The van der Waals surface area contributed by atoms with Crippen LogP contribution in [0.2, 0.25) is 0 Å². The highest BCUT2D eigenvalue weighted by Gasteiger charge is 2.33.